The second-order valence-corrected chi connectivity index (χ2v) is 3.88. The lowest BCUT2D eigenvalue weighted by Gasteiger charge is -2.18. The summed E-state index contributed by atoms with van der Waals surface area (Å²) in [4.78, 5) is 10.2. The first-order valence-electron chi connectivity index (χ1n) is 5.66. The minimum absolute atomic E-state index is 0.00452. The number of aliphatic carboxylic acids is 1. The van der Waals surface area contributed by atoms with Crippen molar-refractivity contribution in [3.8, 4) is 11.5 Å². The number of benzene rings is 1. The van der Waals surface area contributed by atoms with Crippen LogP contribution in [-0.4, -0.2) is 32.3 Å². The number of carbonyl (C=O) groups excluding carboxylic acids is 1. The summed E-state index contributed by atoms with van der Waals surface area (Å²) in [5.74, 6) is 0.513. The Balaban J connectivity index is 1.86. The smallest absolute Gasteiger partial charge is 0.161 e. The van der Waals surface area contributed by atoms with Gasteiger partial charge in [0.15, 0.2) is 11.5 Å². The molecule has 0 bridgehead atoms. The van der Waals surface area contributed by atoms with Gasteiger partial charge in [-0.2, -0.15) is 0 Å². The third kappa shape index (κ3) is 3.35. The van der Waals surface area contributed by atoms with Gasteiger partial charge in [-0.15, -0.1) is 0 Å². The van der Waals surface area contributed by atoms with E-state index in [2.05, 4.69) is 0 Å². The number of fused-ring (bicyclic) bond motifs is 1. The first-order valence-corrected chi connectivity index (χ1v) is 5.66. The Hall–Kier alpha value is -1.75. The van der Waals surface area contributed by atoms with Gasteiger partial charge in [-0.1, -0.05) is 6.07 Å². The molecule has 92 valence electrons. The van der Waals surface area contributed by atoms with E-state index in [1.54, 1.807) is 5.32 Å². The van der Waals surface area contributed by atoms with Crippen LogP contribution in [0.1, 0.15) is 5.56 Å². The number of hydrogen-bond donors (Lipinski definition) is 1. The maximum absolute atomic E-state index is 10.2. The molecule has 5 nitrogen and oxygen atoms in total. The van der Waals surface area contributed by atoms with Crippen molar-refractivity contribution in [3.05, 3.63) is 23.8 Å². The van der Waals surface area contributed by atoms with E-state index in [-0.39, 0.29) is 6.54 Å². The fraction of sp³-hybridized carbons (Fsp3) is 0.417. The van der Waals surface area contributed by atoms with E-state index in [4.69, 9.17) is 9.47 Å². The van der Waals surface area contributed by atoms with Gasteiger partial charge in [0, 0.05) is 6.42 Å². The number of rotatable bonds is 5. The van der Waals surface area contributed by atoms with Gasteiger partial charge in [0.2, 0.25) is 0 Å². The minimum Gasteiger partial charge on any atom is -0.544 e. The number of carboxylic acids is 1. The molecule has 0 unspecified atom stereocenters. The first-order chi connectivity index (χ1) is 8.25. The van der Waals surface area contributed by atoms with Crippen LogP contribution in [0.15, 0.2) is 18.2 Å². The largest absolute Gasteiger partial charge is 0.544 e. The average Bonchev–Trinajstić information content (AvgIpc) is 2.34. The number of carbonyl (C=O) groups is 1. The first kappa shape index (κ1) is 11.7. The van der Waals surface area contributed by atoms with E-state index in [0.717, 1.165) is 23.5 Å². The van der Waals surface area contributed by atoms with Gasteiger partial charge < -0.3 is 24.7 Å². The Morgan fingerprint density at radius 3 is 2.82 bits per heavy atom. The maximum atomic E-state index is 10.2. The van der Waals surface area contributed by atoms with Crippen LogP contribution in [0.25, 0.3) is 0 Å². The van der Waals surface area contributed by atoms with Crippen LogP contribution in [-0.2, 0) is 11.2 Å². The molecule has 5 heteroatoms. The summed E-state index contributed by atoms with van der Waals surface area (Å²) in [6.07, 6.45) is 0.796. The van der Waals surface area contributed by atoms with Crippen molar-refractivity contribution in [2.24, 2.45) is 0 Å². The number of quaternary nitrogens is 1. The molecule has 0 spiro atoms. The average molecular weight is 237 g/mol. The molecule has 1 aliphatic heterocycles. The van der Waals surface area contributed by atoms with Crippen LogP contribution < -0.4 is 19.9 Å². The lowest BCUT2D eigenvalue weighted by molar-refractivity contribution is -0.649. The molecule has 2 N–H and O–H groups in total. The van der Waals surface area contributed by atoms with Gasteiger partial charge in [-0.05, 0) is 17.7 Å². The van der Waals surface area contributed by atoms with E-state index in [9.17, 15) is 9.90 Å². The summed E-state index contributed by atoms with van der Waals surface area (Å²) in [7, 11) is 0. The lowest BCUT2D eigenvalue weighted by Crippen LogP contribution is -2.87. The number of nitrogens with two attached hydrogens (primary N) is 1. The Kier molecular flexibility index (Phi) is 3.82. The molecule has 0 atom stereocenters. The highest BCUT2D eigenvalue weighted by molar-refractivity contribution is 5.64. The summed E-state index contributed by atoms with van der Waals surface area (Å²) in [5, 5.41) is 11.9. The van der Waals surface area contributed by atoms with E-state index < -0.39 is 5.97 Å². The normalized spacial score (nSPS) is 13.4. The SMILES string of the molecule is O=C([O-])C[NH2+]CCc1ccc2c(c1)OCCO2. The van der Waals surface area contributed by atoms with Crippen LogP contribution in [0.3, 0.4) is 0 Å². The van der Waals surface area contributed by atoms with Gasteiger partial charge in [-0.25, -0.2) is 0 Å². The monoisotopic (exact) mass is 237 g/mol. The summed E-state index contributed by atoms with van der Waals surface area (Å²) in [6.45, 7) is 1.89. The molecule has 1 heterocycles. The Labute approximate surface area is 99.3 Å². The Morgan fingerprint density at radius 2 is 2.06 bits per heavy atom. The highest BCUT2D eigenvalue weighted by atomic mass is 16.6. The summed E-state index contributed by atoms with van der Waals surface area (Å²) < 4.78 is 10.9. The van der Waals surface area contributed by atoms with Crippen molar-refractivity contribution in [1.29, 1.82) is 0 Å². The summed E-state index contributed by atoms with van der Waals surface area (Å²) in [6, 6.07) is 5.81. The van der Waals surface area contributed by atoms with Crippen molar-refractivity contribution in [2.75, 3.05) is 26.3 Å². The summed E-state index contributed by atoms with van der Waals surface area (Å²) >= 11 is 0. The Morgan fingerprint density at radius 1 is 1.29 bits per heavy atom. The molecule has 0 amide bonds. The van der Waals surface area contributed by atoms with Crippen molar-refractivity contribution < 1.29 is 24.7 Å². The van der Waals surface area contributed by atoms with Crippen LogP contribution in [0.2, 0.25) is 0 Å². The number of carboxylic acid groups (broad SMARTS) is 1. The highest BCUT2D eigenvalue weighted by Crippen LogP contribution is 2.30. The molecule has 0 aliphatic carbocycles. The van der Waals surface area contributed by atoms with Crippen molar-refractivity contribution >= 4 is 5.97 Å². The van der Waals surface area contributed by atoms with Gasteiger partial charge in [-0.3, -0.25) is 0 Å². The van der Waals surface area contributed by atoms with Crippen LogP contribution in [0, 0.1) is 0 Å². The van der Waals surface area contributed by atoms with Gasteiger partial charge in [0.05, 0.1) is 12.5 Å². The van der Waals surface area contributed by atoms with Crippen LogP contribution in [0.4, 0.5) is 0 Å². The second kappa shape index (κ2) is 5.54. The highest BCUT2D eigenvalue weighted by Gasteiger charge is 2.11. The Bertz CT molecular complexity index is 405. The van der Waals surface area contributed by atoms with E-state index >= 15 is 0 Å². The minimum atomic E-state index is -1.04. The number of ether oxygens (including phenoxy) is 2. The van der Waals surface area contributed by atoms with Gasteiger partial charge in [0.25, 0.3) is 0 Å². The quantitative estimate of drug-likeness (QED) is 0.620. The molecular formula is C12H15NO4. The molecular weight excluding hydrogens is 222 g/mol. The zero-order chi connectivity index (χ0) is 12.1. The molecule has 1 aliphatic rings. The van der Waals surface area contributed by atoms with E-state index in [1.165, 1.54) is 0 Å². The molecule has 1 aromatic carbocycles. The van der Waals surface area contributed by atoms with Gasteiger partial charge in [0.1, 0.15) is 19.8 Å². The van der Waals surface area contributed by atoms with Crippen molar-refractivity contribution in [3.63, 3.8) is 0 Å². The zero-order valence-electron chi connectivity index (χ0n) is 9.48. The van der Waals surface area contributed by atoms with Gasteiger partial charge >= 0.3 is 0 Å². The fourth-order valence-electron chi connectivity index (χ4n) is 1.73. The molecule has 17 heavy (non-hydrogen) atoms. The molecule has 0 saturated carbocycles. The predicted octanol–water partition coefficient (Wildman–Crippen LogP) is -1.69. The van der Waals surface area contributed by atoms with E-state index in [0.29, 0.717) is 19.8 Å². The van der Waals surface area contributed by atoms with Crippen LogP contribution >= 0.6 is 0 Å². The summed E-state index contributed by atoms with van der Waals surface area (Å²) in [5.41, 5.74) is 1.11. The molecule has 0 fully saturated rings. The lowest BCUT2D eigenvalue weighted by atomic mass is 10.1. The zero-order valence-corrected chi connectivity index (χ0v) is 9.48. The predicted molar refractivity (Wildman–Crippen MR) is 57.8 cm³/mol. The van der Waals surface area contributed by atoms with Crippen molar-refractivity contribution in [1.82, 2.24) is 0 Å². The fourth-order valence-corrected chi connectivity index (χ4v) is 1.73. The van der Waals surface area contributed by atoms with E-state index in [1.807, 2.05) is 18.2 Å². The maximum Gasteiger partial charge on any atom is 0.161 e. The standard InChI is InChI=1S/C12H15NO4/c14-12(15)8-13-4-3-9-1-2-10-11(7-9)17-6-5-16-10/h1-2,7,13H,3-6,8H2,(H,14,15). The molecule has 2 rings (SSSR count). The molecule has 1 aromatic rings. The third-order valence-corrected chi connectivity index (χ3v) is 2.55. The van der Waals surface area contributed by atoms with Crippen molar-refractivity contribution in [2.45, 2.75) is 6.42 Å². The molecule has 0 saturated heterocycles. The van der Waals surface area contributed by atoms with Crippen LogP contribution in [0.5, 0.6) is 11.5 Å². The molecule has 0 radical (unpaired) electrons. The topological polar surface area (TPSA) is 75.2 Å². The molecule has 0 aromatic heterocycles. The number of hydrogen-bond acceptors (Lipinski definition) is 4. The second-order valence-electron chi connectivity index (χ2n) is 3.88. The third-order valence-electron chi connectivity index (χ3n) is 2.55.